The lowest BCUT2D eigenvalue weighted by molar-refractivity contribution is -0.116. The number of nitrogens with one attached hydrogen (secondary N) is 3. The van der Waals surface area contributed by atoms with E-state index in [1.54, 1.807) is 63.2 Å². The maximum atomic E-state index is 12.2. The molecule has 0 saturated carbocycles. The first-order chi connectivity index (χ1) is 14.1. The summed E-state index contributed by atoms with van der Waals surface area (Å²) >= 11 is 5.94. The van der Waals surface area contributed by atoms with Gasteiger partial charge >= 0.3 is 6.09 Å². The second-order valence-corrected chi connectivity index (χ2v) is 8.10. The number of rotatable bonds is 7. The molecule has 0 spiro atoms. The third-order valence-corrected chi connectivity index (χ3v) is 3.94. The van der Waals surface area contributed by atoms with Gasteiger partial charge in [0.2, 0.25) is 11.8 Å². The van der Waals surface area contributed by atoms with Crippen molar-refractivity contribution in [1.29, 1.82) is 0 Å². The summed E-state index contributed by atoms with van der Waals surface area (Å²) in [7, 11) is 0. The van der Waals surface area contributed by atoms with Gasteiger partial charge in [-0.2, -0.15) is 0 Å². The number of ether oxygens (including phenoxy) is 1. The molecule has 0 heterocycles. The molecule has 0 aliphatic rings. The molecular formula is C22H26ClN3O4. The van der Waals surface area contributed by atoms with E-state index in [2.05, 4.69) is 16.0 Å². The molecule has 3 N–H and O–H groups in total. The lowest BCUT2D eigenvalue weighted by atomic mass is 10.1. The quantitative estimate of drug-likeness (QED) is 0.606. The molecule has 30 heavy (non-hydrogen) atoms. The number of carbonyl (C=O) groups is 3. The Morgan fingerprint density at radius 3 is 2.20 bits per heavy atom. The number of benzene rings is 2. The summed E-state index contributed by atoms with van der Waals surface area (Å²) in [5.74, 6) is -0.462. The van der Waals surface area contributed by atoms with Gasteiger partial charge < -0.3 is 20.7 Å². The van der Waals surface area contributed by atoms with Crippen LogP contribution in [0.5, 0.6) is 0 Å². The fourth-order valence-electron chi connectivity index (χ4n) is 2.53. The van der Waals surface area contributed by atoms with E-state index in [1.807, 2.05) is 6.07 Å². The molecule has 0 aliphatic heterocycles. The van der Waals surface area contributed by atoms with E-state index in [-0.39, 0.29) is 31.2 Å². The minimum atomic E-state index is -0.593. The van der Waals surface area contributed by atoms with Crippen molar-refractivity contribution in [1.82, 2.24) is 5.32 Å². The van der Waals surface area contributed by atoms with Gasteiger partial charge in [-0.15, -0.1) is 0 Å². The SMILES string of the molecule is CC(C)(C)OC(=O)NCCC(=O)Nc1cccc(NC(=O)Cc2cccc(Cl)c2)c1. The summed E-state index contributed by atoms with van der Waals surface area (Å²) in [4.78, 5) is 35.9. The molecule has 0 aliphatic carbocycles. The molecule has 3 amide bonds. The molecule has 2 rings (SSSR count). The average molecular weight is 432 g/mol. The molecule has 8 heteroatoms. The Kier molecular flexibility index (Phi) is 8.24. The number of hydrogen-bond donors (Lipinski definition) is 3. The molecule has 7 nitrogen and oxygen atoms in total. The van der Waals surface area contributed by atoms with Gasteiger partial charge in [0.15, 0.2) is 0 Å². The van der Waals surface area contributed by atoms with Crippen LogP contribution in [0.1, 0.15) is 32.8 Å². The molecule has 0 aromatic heterocycles. The third-order valence-electron chi connectivity index (χ3n) is 3.70. The van der Waals surface area contributed by atoms with E-state index in [1.165, 1.54) is 0 Å². The molecular weight excluding hydrogens is 406 g/mol. The molecule has 2 aromatic carbocycles. The lowest BCUT2D eigenvalue weighted by Crippen LogP contribution is -2.34. The zero-order chi connectivity index (χ0) is 22.1. The molecule has 2 aromatic rings. The van der Waals surface area contributed by atoms with E-state index in [0.29, 0.717) is 16.4 Å². The smallest absolute Gasteiger partial charge is 0.407 e. The summed E-state index contributed by atoms with van der Waals surface area (Å²) < 4.78 is 5.11. The number of anilines is 2. The standard InChI is InChI=1S/C22H26ClN3O4/c1-22(2,3)30-21(29)24-11-10-19(27)25-17-8-5-9-18(14-17)26-20(28)13-15-6-4-7-16(23)12-15/h4-9,12,14H,10-11,13H2,1-3H3,(H,24,29)(H,25,27)(H,26,28). The summed E-state index contributed by atoms with van der Waals surface area (Å²) in [6.45, 7) is 5.44. The van der Waals surface area contributed by atoms with Gasteiger partial charge in [0.25, 0.3) is 0 Å². The van der Waals surface area contributed by atoms with Crippen LogP contribution in [0, 0.1) is 0 Å². The van der Waals surface area contributed by atoms with Crippen LogP contribution in [-0.2, 0) is 20.7 Å². The lowest BCUT2D eigenvalue weighted by Gasteiger charge is -2.19. The van der Waals surface area contributed by atoms with Crippen molar-refractivity contribution in [2.45, 2.75) is 39.2 Å². The van der Waals surface area contributed by atoms with Crippen LogP contribution in [-0.4, -0.2) is 30.1 Å². The second-order valence-electron chi connectivity index (χ2n) is 7.66. The number of carbonyl (C=O) groups excluding carboxylic acids is 3. The zero-order valence-corrected chi connectivity index (χ0v) is 18.0. The Morgan fingerprint density at radius 2 is 1.57 bits per heavy atom. The predicted octanol–water partition coefficient (Wildman–Crippen LogP) is 4.37. The predicted molar refractivity (Wildman–Crippen MR) is 118 cm³/mol. The Bertz CT molecular complexity index is 909. The first-order valence-electron chi connectivity index (χ1n) is 9.52. The maximum Gasteiger partial charge on any atom is 0.407 e. The molecule has 0 bridgehead atoms. The topological polar surface area (TPSA) is 96.5 Å². The van der Waals surface area contributed by atoms with Crippen LogP contribution in [0.4, 0.5) is 16.2 Å². The molecule has 0 saturated heterocycles. The van der Waals surface area contributed by atoms with Crippen molar-refractivity contribution in [3.63, 3.8) is 0 Å². The maximum absolute atomic E-state index is 12.2. The highest BCUT2D eigenvalue weighted by atomic mass is 35.5. The van der Waals surface area contributed by atoms with Crippen molar-refractivity contribution in [3.8, 4) is 0 Å². The normalized spacial score (nSPS) is 10.8. The summed E-state index contributed by atoms with van der Waals surface area (Å²) in [6.07, 6.45) is -0.294. The number of hydrogen-bond acceptors (Lipinski definition) is 4. The van der Waals surface area contributed by atoms with E-state index in [0.717, 1.165) is 5.56 Å². The van der Waals surface area contributed by atoms with Crippen molar-refractivity contribution in [2.24, 2.45) is 0 Å². The van der Waals surface area contributed by atoms with E-state index in [9.17, 15) is 14.4 Å². The number of amides is 3. The summed E-state index contributed by atoms with van der Waals surface area (Å²) in [6, 6.07) is 13.9. The Hall–Kier alpha value is -3.06. The number of halogens is 1. The van der Waals surface area contributed by atoms with Crippen molar-refractivity contribution >= 4 is 40.9 Å². The van der Waals surface area contributed by atoms with Crippen molar-refractivity contribution in [2.75, 3.05) is 17.2 Å². The van der Waals surface area contributed by atoms with E-state index in [4.69, 9.17) is 16.3 Å². The molecule has 0 radical (unpaired) electrons. The molecule has 0 atom stereocenters. The number of alkyl carbamates (subject to hydrolysis) is 1. The Balaban J connectivity index is 1.81. The monoisotopic (exact) mass is 431 g/mol. The van der Waals surface area contributed by atoms with Crippen LogP contribution in [0.3, 0.4) is 0 Å². The van der Waals surface area contributed by atoms with E-state index < -0.39 is 11.7 Å². The van der Waals surface area contributed by atoms with E-state index >= 15 is 0 Å². The van der Waals surface area contributed by atoms with Crippen LogP contribution < -0.4 is 16.0 Å². The first kappa shape index (κ1) is 23.2. The Labute approximate surface area is 181 Å². The molecule has 0 unspecified atom stereocenters. The fourth-order valence-corrected chi connectivity index (χ4v) is 2.74. The van der Waals surface area contributed by atoms with Crippen LogP contribution >= 0.6 is 11.6 Å². The largest absolute Gasteiger partial charge is 0.444 e. The van der Waals surface area contributed by atoms with Crippen molar-refractivity contribution < 1.29 is 19.1 Å². The zero-order valence-electron chi connectivity index (χ0n) is 17.3. The summed E-state index contributed by atoms with van der Waals surface area (Å²) in [5.41, 5.74) is 1.32. The Morgan fingerprint density at radius 1 is 0.933 bits per heavy atom. The van der Waals surface area contributed by atoms with Gasteiger partial charge in [-0.25, -0.2) is 4.79 Å². The van der Waals surface area contributed by atoms with Gasteiger partial charge in [-0.1, -0.05) is 29.8 Å². The van der Waals surface area contributed by atoms with Gasteiger partial charge in [0.1, 0.15) is 5.60 Å². The highest BCUT2D eigenvalue weighted by Gasteiger charge is 2.16. The highest BCUT2D eigenvalue weighted by Crippen LogP contribution is 2.17. The first-order valence-corrected chi connectivity index (χ1v) is 9.89. The third kappa shape index (κ3) is 8.96. The van der Waals surface area contributed by atoms with Crippen molar-refractivity contribution in [3.05, 3.63) is 59.1 Å². The molecule has 160 valence electrons. The van der Waals surface area contributed by atoms with Crippen LogP contribution in [0.2, 0.25) is 5.02 Å². The highest BCUT2D eigenvalue weighted by molar-refractivity contribution is 6.30. The minimum absolute atomic E-state index is 0.0879. The van der Waals surface area contributed by atoms with Gasteiger partial charge in [-0.3, -0.25) is 9.59 Å². The van der Waals surface area contributed by atoms with Gasteiger partial charge in [0, 0.05) is 29.4 Å². The van der Waals surface area contributed by atoms with Crippen LogP contribution in [0.15, 0.2) is 48.5 Å². The van der Waals surface area contributed by atoms with Crippen LogP contribution in [0.25, 0.3) is 0 Å². The van der Waals surface area contributed by atoms with Gasteiger partial charge in [-0.05, 0) is 56.7 Å². The summed E-state index contributed by atoms with van der Waals surface area (Å²) in [5, 5.41) is 8.64. The molecule has 0 fully saturated rings. The average Bonchev–Trinajstić information content (AvgIpc) is 2.60. The van der Waals surface area contributed by atoms with Gasteiger partial charge in [0.05, 0.1) is 6.42 Å². The second kappa shape index (κ2) is 10.6. The minimum Gasteiger partial charge on any atom is -0.444 e. The fraction of sp³-hybridized carbons (Fsp3) is 0.318.